The van der Waals surface area contributed by atoms with E-state index in [4.69, 9.17) is 29.5 Å². The first-order valence-electron chi connectivity index (χ1n) is 12.4. The maximum Gasteiger partial charge on any atom is 0.129 e. The SMILES string of the molecule is Cc1cc(C)c(OP)c(C(C)(C)C)c1.Cc1cc(C)c(OP)c(C(C)(C)C)c1.OCC(CO)(CO)CO. The Morgan fingerprint density at radius 2 is 0.838 bits per heavy atom. The van der Waals surface area contributed by atoms with E-state index in [1.165, 1.54) is 33.4 Å². The second-order valence-electron chi connectivity index (χ2n) is 11.8. The Balaban J connectivity index is 0.000000541. The van der Waals surface area contributed by atoms with Crippen LogP contribution < -0.4 is 9.05 Å². The zero-order valence-corrected chi connectivity index (χ0v) is 26.7. The van der Waals surface area contributed by atoms with Gasteiger partial charge in [-0.25, -0.2) is 0 Å². The quantitative estimate of drug-likeness (QED) is 0.352. The van der Waals surface area contributed by atoms with E-state index < -0.39 is 31.8 Å². The van der Waals surface area contributed by atoms with E-state index in [0.29, 0.717) is 0 Å². The van der Waals surface area contributed by atoms with Crippen molar-refractivity contribution in [3.63, 3.8) is 0 Å². The van der Waals surface area contributed by atoms with Gasteiger partial charge in [-0.2, -0.15) is 0 Å². The fourth-order valence-electron chi connectivity index (χ4n) is 3.64. The van der Waals surface area contributed by atoms with Gasteiger partial charge in [-0.1, -0.05) is 76.9 Å². The van der Waals surface area contributed by atoms with Crippen LogP contribution in [0.5, 0.6) is 11.5 Å². The second-order valence-corrected chi connectivity index (χ2v) is 12.3. The molecule has 2 aromatic rings. The largest absolute Gasteiger partial charge is 0.480 e. The summed E-state index contributed by atoms with van der Waals surface area (Å²) in [4.78, 5) is 0. The predicted octanol–water partition coefficient (Wildman–Crippen LogP) is 5.48. The normalized spacial score (nSPS) is 11.7. The van der Waals surface area contributed by atoms with Crippen LogP contribution >= 0.6 is 18.9 Å². The highest BCUT2D eigenvalue weighted by Crippen LogP contribution is 2.36. The van der Waals surface area contributed by atoms with Crippen LogP contribution in [-0.4, -0.2) is 46.9 Å². The van der Waals surface area contributed by atoms with Crippen LogP contribution in [0.4, 0.5) is 0 Å². The molecule has 0 heterocycles. The molecule has 0 aliphatic heterocycles. The van der Waals surface area contributed by atoms with Crippen molar-refractivity contribution in [1.82, 2.24) is 0 Å². The lowest BCUT2D eigenvalue weighted by atomic mass is 9.84. The number of rotatable bonds is 6. The van der Waals surface area contributed by atoms with Crippen LogP contribution in [0, 0.1) is 33.1 Å². The van der Waals surface area contributed by atoms with E-state index in [9.17, 15) is 0 Å². The summed E-state index contributed by atoms with van der Waals surface area (Å²) in [7, 11) is 4.67. The maximum atomic E-state index is 8.50. The summed E-state index contributed by atoms with van der Waals surface area (Å²) in [5.41, 5.74) is 6.66. The zero-order valence-electron chi connectivity index (χ0n) is 24.4. The van der Waals surface area contributed by atoms with Gasteiger partial charge in [0.15, 0.2) is 0 Å². The van der Waals surface area contributed by atoms with E-state index in [0.717, 1.165) is 11.5 Å². The lowest BCUT2D eigenvalue weighted by Gasteiger charge is -2.23. The van der Waals surface area contributed by atoms with Crippen LogP contribution in [0.3, 0.4) is 0 Å². The molecule has 212 valence electrons. The number of benzene rings is 2. The maximum absolute atomic E-state index is 8.50. The monoisotopic (exact) mass is 556 g/mol. The summed E-state index contributed by atoms with van der Waals surface area (Å²) >= 11 is 0. The average molecular weight is 557 g/mol. The molecule has 2 atom stereocenters. The molecule has 6 nitrogen and oxygen atoms in total. The third kappa shape index (κ3) is 10.8. The Bertz CT molecular complexity index is 887. The second kappa shape index (κ2) is 15.4. The predicted molar refractivity (Wildman–Crippen MR) is 161 cm³/mol. The molecule has 4 N–H and O–H groups in total. The first kappa shape index (κ1) is 35.7. The van der Waals surface area contributed by atoms with Crippen molar-refractivity contribution in [3.8, 4) is 11.5 Å². The summed E-state index contributed by atoms with van der Waals surface area (Å²) in [6.07, 6.45) is 0. The van der Waals surface area contributed by atoms with Gasteiger partial charge in [-0.15, -0.1) is 0 Å². The van der Waals surface area contributed by atoms with Crippen molar-refractivity contribution in [2.24, 2.45) is 5.41 Å². The van der Waals surface area contributed by atoms with Crippen molar-refractivity contribution in [1.29, 1.82) is 0 Å². The van der Waals surface area contributed by atoms with Gasteiger partial charge in [0, 0.05) is 11.1 Å². The van der Waals surface area contributed by atoms with Crippen LogP contribution in [-0.2, 0) is 10.8 Å². The van der Waals surface area contributed by atoms with Crippen LogP contribution in [0.1, 0.15) is 74.9 Å². The molecule has 0 aromatic heterocycles. The highest BCUT2D eigenvalue weighted by Gasteiger charge is 2.26. The van der Waals surface area contributed by atoms with Crippen LogP contribution in [0.15, 0.2) is 24.3 Å². The molecule has 0 spiro atoms. The standard InChI is InChI=1S/2C12H19OP.C5H12O4/c2*1-8-6-9(2)11(13-14)10(7-8)12(3,4)5;6-1-5(2-7,3-8)4-9/h2*6-7H,14H2,1-5H3;6-9H,1-4H2. The molecule has 0 aliphatic carbocycles. The number of aliphatic hydroxyl groups is 4. The molecule has 0 saturated heterocycles. The van der Waals surface area contributed by atoms with Crippen molar-refractivity contribution < 1.29 is 29.5 Å². The first-order valence-corrected chi connectivity index (χ1v) is 13.3. The number of aliphatic hydroxyl groups excluding tert-OH is 4. The molecule has 0 aliphatic rings. The zero-order chi connectivity index (χ0) is 29.2. The van der Waals surface area contributed by atoms with Crippen molar-refractivity contribution >= 4 is 18.9 Å². The number of aryl methyl sites for hydroxylation is 4. The Morgan fingerprint density at radius 3 is 1.00 bits per heavy atom. The lowest BCUT2D eigenvalue weighted by Crippen LogP contribution is -2.37. The molecule has 8 heteroatoms. The first-order chi connectivity index (χ1) is 17.0. The molecule has 0 radical (unpaired) electrons. The Labute approximate surface area is 229 Å². The van der Waals surface area contributed by atoms with E-state index in [-0.39, 0.29) is 10.8 Å². The van der Waals surface area contributed by atoms with Crippen LogP contribution in [0.25, 0.3) is 0 Å². The van der Waals surface area contributed by atoms with Gasteiger partial charge in [0.1, 0.15) is 11.5 Å². The van der Waals surface area contributed by atoms with Gasteiger partial charge in [-0.05, 0) is 49.7 Å². The Hall–Kier alpha value is -1.26. The summed E-state index contributed by atoms with van der Waals surface area (Å²) in [5.74, 6) is 1.99. The topological polar surface area (TPSA) is 99.4 Å². The molecule has 0 amide bonds. The minimum atomic E-state index is -1.11. The van der Waals surface area contributed by atoms with Crippen molar-refractivity contribution in [2.75, 3.05) is 26.4 Å². The van der Waals surface area contributed by atoms with Crippen molar-refractivity contribution in [2.45, 2.75) is 80.1 Å². The van der Waals surface area contributed by atoms with Gasteiger partial charge in [0.25, 0.3) is 0 Å². The average Bonchev–Trinajstić information content (AvgIpc) is 2.80. The lowest BCUT2D eigenvalue weighted by molar-refractivity contribution is -0.0328. The summed E-state index contributed by atoms with van der Waals surface area (Å²) in [5, 5.41) is 34.0. The fraction of sp³-hybridized carbons (Fsp3) is 0.586. The fourth-order valence-corrected chi connectivity index (χ4v) is 4.26. The smallest absolute Gasteiger partial charge is 0.129 e. The minimum absolute atomic E-state index is 0.128. The van der Waals surface area contributed by atoms with Crippen LogP contribution in [0.2, 0.25) is 0 Å². The van der Waals surface area contributed by atoms with Crippen molar-refractivity contribution in [3.05, 3.63) is 57.6 Å². The van der Waals surface area contributed by atoms with E-state index in [1.807, 2.05) is 0 Å². The number of hydrogen-bond acceptors (Lipinski definition) is 6. The summed E-state index contributed by atoms with van der Waals surface area (Å²) < 4.78 is 10.7. The number of hydrogen-bond donors (Lipinski definition) is 4. The summed E-state index contributed by atoms with van der Waals surface area (Å²) in [6.45, 7) is 20.0. The van der Waals surface area contributed by atoms with E-state index in [1.54, 1.807) is 0 Å². The third-order valence-corrected chi connectivity index (χ3v) is 6.50. The Kier molecular flexibility index (Phi) is 14.8. The third-order valence-electron chi connectivity index (χ3n) is 6.03. The van der Waals surface area contributed by atoms with Gasteiger partial charge in [-0.3, -0.25) is 0 Å². The molecule has 2 aromatic carbocycles. The molecule has 2 rings (SSSR count). The molecular formula is C29H50O6P2. The molecule has 37 heavy (non-hydrogen) atoms. The van der Waals surface area contributed by atoms with Gasteiger partial charge < -0.3 is 29.5 Å². The van der Waals surface area contributed by atoms with Gasteiger partial charge >= 0.3 is 0 Å². The Morgan fingerprint density at radius 1 is 0.568 bits per heavy atom. The van der Waals surface area contributed by atoms with Gasteiger partial charge in [0.05, 0.1) is 50.8 Å². The highest BCUT2D eigenvalue weighted by molar-refractivity contribution is 7.10. The molecule has 2 unspecified atom stereocenters. The molecular weight excluding hydrogens is 506 g/mol. The molecule has 0 bridgehead atoms. The molecule has 0 fully saturated rings. The highest BCUT2D eigenvalue weighted by atomic mass is 31.0. The minimum Gasteiger partial charge on any atom is -0.480 e. The van der Waals surface area contributed by atoms with E-state index in [2.05, 4.69) is 112 Å². The van der Waals surface area contributed by atoms with Gasteiger partial charge in [0.2, 0.25) is 0 Å². The van der Waals surface area contributed by atoms with E-state index >= 15 is 0 Å². The summed E-state index contributed by atoms with van der Waals surface area (Å²) in [6, 6.07) is 8.70. The molecule has 0 saturated carbocycles.